The Morgan fingerprint density at radius 3 is 2.00 bits per heavy atom. The van der Waals surface area contributed by atoms with Crippen LogP contribution in [0.2, 0.25) is 0 Å². The number of nitrogens with two attached hydrogens (primary N) is 1. The smallest absolute Gasteiger partial charge is 0.177 e. The van der Waals surface area contributed by atoms with Crippen LogP contribution in [0.25, 0.3) is 0 Å². The van der Waals surface area contributed by atoms with E-state index in [9.17, 15) is 4.79 Å². The molecule has 0 saturated carbocycles. The summed E-state index contributed by atoms with van der Waals surface area (Å²) in [6.45, 7) is -1.28. The summed E-state index contributed by atoms with van der Waals surface area (Å²) >= 11 is 0. The lowest BCUT2D eigenvalue weighted by molar-refractivity contribution is -0.145. The average Bonchev–Trinajstić information content (AvgIpc) is 2.23. The van der Waals surface area contributed by atoms with Crippen LogP contribution in [-0.4, -0.2) is 68.9 Å². The second-order valence-corrected chi connectivity index (χ2v) is 2.85. The Kier molecular flexibility index (Phi) is 5.77. The maximum absolute atomic E-state index is 10.8. The van der Waals surface area contributed by atoms with E-state index in [0.29, 0.717) is 0 Å². The van der Waals surface area contributed by atoms with Crippen molar-refractivity contribution >= 4 is 5.78 Å². The monoisotopic (exact) mass is 209 g/mol. The highest BCUT2D eigenvalue weighted by Gasteiger charge is 2.33. The predicted molar refractivity (Wildman–Crippen MR) is 45.2 cm³/mol. The zero-order valence-electron chi connectivity index (χ0n) is 7.45. The topological polar surface area (TPSA) is 144 Å². The maximum Gasteiger partial charge on any atom is 0.177 e. The zero-order valence-corrected chi connectivity index (χ0v) is 7.45. The second kappa shape index (κ2) is 6.02. The zero-order chi connectivity index (χ0) is 11.3. The molecule has 0 bridgehead atoms. The molecule has 0 spiro atoms. The Balaban J connectivity index is 4.30. The third-order valence-corrected chi connectivity index (χ3v) is 1.79. The summed E-state index contributed by atoms with van der Waals surface area (Å²) in [5.74, 6) is -0.860. The van der Waals surface area contributed by atoms with Gasteiger partial charge in [-0.2, -0.15) is 0 Å². The average molecular weight is 209 g/mol. The highest BCUT2D eigenvalue weighted by molar-refractivity contribution is 5.85. The molecular weight excluding hydrogens is 194 g/mol. The fraction of sp³-hybridized carbons (Fsp3) is 0.857. The van der Waals surface area contributed by atoms with Gasteiger partial charge in [-0.1, -0.05) is 0 Å². The number of carbonyl (C=O) groups is 1. The summed E-state index contributed by atoms with van der Waals surface area (Å²) < 4.78 is 0. The first kappa shape index (κ1) is 13.4. The van der Waals surface area contributed by atoms with Crippen LogP contribution in [0, 0.1) is 0 Å². The van der Waals surface area contributed by atoms with Crippen LogP contribution in [0.3, 0.4) is 0 Å². The summed E-state index contributed by atoms with van der Waals surface area (Å²) in [4.78, 5) is 10.8. The largest absolute Gasteiger partial charge is 0.394 e. The summed E-state index contributed by atoms with van der Waals surface area (Å²) in [5.41, 5.74) is 4.91. The van der Waals surface area contributed by atoms with Crippen LogP contribution < -0.4 is 5.73 Å². The third-order valence-electron chi connectivity index (χ3n) is 1.79. The molecule has 0 amide bonds. The van der Waals surface area contributed by atoms with E-state index in [0.717, 1.165) is 0 Å². The summed E-state index contributed by atoms with van der Waals surface area (Å²) in [5, 5.41) is 44.6. The number of Topliss-reactive ketones (excluding diaryl/α,β-unsaturated/α-hetero) is 1. The van der Waals surface area contributed by atoms with Crippen molar-refractivity contribution < 1.29 is 30.3 Å². The van der Waals surface area contributed by atoms with E-state index in [4.69, 9.17) is 31.3 Å². The molecule has 7 nitrogen and oxygen atoms in total. The standard InChI is InChI=1S/C7H15NO6/c8-1-3(10)5(12)7(14)6(13)4(11)2-9/h4-7,9,11-14H,1-2,8H2/t4-,5-,6+,7-/m1/s1. The maximum atomic E-state index is 10.8. The van der Waals surface area contributed by atoms with Gasteiger partial charge in [0.05, 0.1) is 13.2 Å². The van der Waals surface area contributed by atoms with E-state index in [-0.39, 0.29) is 0 Å². The number of ketones is 1. The first-order chi connectivity index (χ1) is 6.45. The van der Waals surface area contributed by atoms with Crippen molar-refractivity contribution in [3.8, 4) is 0 Å². The Morgan fingerprint density at radius 1 is 1.14 bits per heavy atom. The fourth-order valence-corrected chi connectivity index (χ4v) is 0.834. The SMILES string of the molecule is NCC(=O)[C@@H](O)[C@@H](O)[C@@H](O)[C@H](O)CO. The minimum Gasteiger partial charge on any atom is -0.394 e. The van der Waals surface area contributed by atoms with Crippen LogP contribution in [0.1, 0.15) is 0 Å². The molecular formula is C7H15NO6. The minimum absolute atomic E-state index is 0.486. The lowest BCUT2D eigenvalue weighted by Gasteiger charge is -2.24. The van der Waals surface area contributed by atoms with Gasteiger partial charge in [0.25, 0.3) is 0 Å². The molecule has 4 atom stereocenters. The molecule has 84 valence electrons. The van der Waals surface area contributed by atoms with Crippen LogP contribution >= 0.6 is 0 Å². The lowest BCUT2D eigenvalue weighted by Crippen LogP contribution is -2.49. The van der Waals surface area contributed by atoms with Crippen molar-refractivity contribution in [3.63, 3.8) is 0 Å². The number of aliphatic hydroxyl groups excluding tert-OH is 5. The number of rotatable bonds is 6. The Morgan fingerprint density at radius 2 is 1.64 bits per heavy atom. The third kappa shape index (κ3) is 3.29. The Hall–Kier alpha value is -0.570. The second-order valence-electron chi connectivity index (χ2n) is 2.85. The molecule has 0 aliphatic carbocycles. The van der Waals surface area contributed by atoms with E-state index in [1.807, 2.05) is 0 Å². The lowest BCUT2D eigenvalue weighted by atomic mass is 10.0. The van der Waals surface area contributed by atoms with Crippen molar-refractivity contribution in [2.45, 2.75) is 24.4 Å². The number of hydrogen-bond acceptors (Lipinski definition) is 7. The highest BCUT2D eigenvalue weighted by atomic mass is 16.4. The van der Waals surface area contributed by atoms with Gasteiger partial charge in [0.15, 0.2) is 5.78 Å². The normalized spacial score (nSPS) is 19.9. The Bertz CT molecular complexity index is 187. The van der Waals surface area contributed by atoms with Crippen molar-refractivity contribution in [1.29, 1.82) is 0 Å². The van der Waals surface area contributed by atoms with Crippen molar-refractivity contribution in [2.75, 3.05) is 13.2 Å². The molecule has 0 fully saturated rings. The van der Waals surface area contributed by atoms with Gasteiger partial charge in [-0.05, 0) is 0 Å². The molecule has 0 unspecified atom stereocenters. The fourth-order valence-electron chi connectivity index (χ4n) is 0.834. The molecule has 0 rings (SSSR count). The molecule has 0 aromatic heterocycles. The highest BCUT2D eigenvalue weighted by Crippen LogP contribution is 2.05. The first-order valence-electron chi connectivity index (χ1n) is 4.01. The number of aliphatic hydroxyl groups is 5. The van der Waals surface area contributed by atoms with Crippen LogP contribution in [-0.2, 0) is 4.79 Å². The molecule has 7 N–H and O–H groups in total. The van der Waals surface area contributed by atoms with E-state index in [2.05, 4.69) is 0 Å². The van der Waals surface area contributed by atoms with Gasteiger partial charge in [0, 0.05) is 0 Å². The molecule has 0 heterocycles. The molecule has 0 saturated heterocycles. The van der Waals surface area contributed by atoms with Crippen LogP contribution in [0.5, 0.6) is 0 Å². The first-order valence-corrected chi connectivity index (χ1v) is 4.01. The van der Waals surface area contributed by atoms with E-state index < -0.39 is 43.4 Å². The molecule has 0 aromatic carbocycles. The van der Waals surface area contributed by atoms with Gasteiger partial charge in [0.1, 0.15) is 24.4 Å². The van der Waals surface area contributed by atoms with Gasteiger partial charge in [-0.3, -0.25) is 4.79 Å². The molecule has 0 aliphatic heterocycles. The predicted octanol–water partition coefficient (Wildman–Crippen LogP) is -4.05. The molecule has 14 heavy (non-hydrogen) atoms. The van der Waals surface area contributed by atoms with Gasteiger partial charge < -0.3 is 31.3 Å². The molecule has 0 aliphatic rings. The van der Waals surface area contributed by atoms with E-state index in [1.165, 1.54) is 0 Å². The summed E-state index contributed by atoms with van der Waals surface area (Å²) in [7, 11) is 0. The van der Waals surface area contributed by atoms with Crippen LogP contribution in [0.4, 0.5) is 0 Å². The van der Waals surface area contributed by atoms with Gasteiger partial charge >= 0.3 is 0 Å². The molecule has 0 aromatic rings. The van der Waals surface area contributed by atoms with Crippen LogP contribution in [0.15, 0.2) is 0 Å². The van der Waals surface area contributed by atoms with Crippen molar-refractivity contribution in [3.05, 3.63) is 0 Å². The number of hydrogen-bond donors (Lipinski definition) is 6. The summed E-state index contributed by atoms with van der Waals surface area (Å²) in [6, 6.07) is 0. The van der Waals surface area contributed by atoms with Crippen molar-refractivity contribution in [1.82, 2.24) is 0 Å². The van der Waals surface area contributed by atoms with Crippen molar-refractivity contribution in [2.24, 2.45) is 5.73 Å². The van der Waals surface area contributed by atoms with Gasteiger partial charge in [-0.25, -0.2) is 0 Å². The molecule has 7 heteroatoms. The molecule has 0 radical (unpaired) electrons. The summed E-state index contributed by atoms with van der Waals surface area (Å²) in [6.07, 6.45) is -7.15. The minimum atomic E-state index is -1.87. The van der Waals surface area contributed by atoms with Gasteiger partial charge in [-0.15, -0.1) is 0 Å². The quantitative estimate of drug-likeness (QED) is 0.261. The Labute approximate surface area is 80.4 Å². The number of carbonyl (C=O) groups excluding carboxylic acids is 1. The van der Waals surface area contributed by atoms with Gasteiger partial charge in [0.2, 0.25) is 0 Å². The van der Waals surface area contributed by atoms with E-state index in [1.54, 1.807) is 0 Å². The van der Waals surface area contributed by atoms with E-state index >= 15 is 0 Å².